The lowest BCUT2D eigenvalue weighted by Crippen LogP contribution is -2.39. The van der Waals surface area contributed by atoms with Crippen LogP contribution in [0, 0.1) is 0 Å². The highest BCUT2D eigenvalue weighted by atomic mass is 15.2. The van der Waals surface area contributed by atoms with Gasteiger partial charge in [-0.3, -0.25) is 4.90 Å². The van der Waals surface area contributed by atoms with Crippen LogP contribution in [-0.2, 0) is 13.5 Å². The van der Waals surface area contributed by atoms with Crippen molar-refractivity contribution in [2.45, 2.75) is 38.6 Å². The summed E-state index contributed by atoms with van der Waals surface area (Å²) >= 11 is 0. The first-order chi connectivity index (χ1) is 10.2. The van der Waals surface area contributed by atoms with Crippen molar-refractivity contribution in [1.82, 2.24) is 19.4 Å². The zero-order valence-electron chi connectivity index (χ0n) is 13.7. The Morgan fingerprint density at radius 2 is 2.14 bits per heavy atom. The third-order valence-electron chi connectivity index (χ3n) is 4.68. The number of nitrogens with two attached hydrogens (primary N) is 1. The van der Waals surface area contributed by atoms with Crippen LogP contribution in [0.1, 0.15) is 32.0 Å². The van der Waals surface area contributed by atoms with E-state index in [0.717, 1.165) is 25.9 Å². The van der Waals surface area contributed by atoms with Crippen LogP contribution >= 0.6 is 0 Å². The van der Waals surface area contributed by atoms with E-state index in [4.69, 9.17) is 5.73 Å². The van der Waals surface area contributed by atoms with Gasteiger partial charge >= 0.3 is 0 Å². The molecule has 2 heterocycles. The molecule has 0 aromatic carbocycles. The van der Waals surface area contributed by atoms with E-state index in [1.165, 1.54) is 44.8 Å². The second-order valence-electron chi connectivity index (χ2n) is 6.07. The van der Waals surface area contributed by atoms with Gasteiger partial charge in [-0.05, 0) is 38.9 Å². The predicted octanol–water partition coefficient (Wildman–Crippen LogP) is 1.10. The monoisotopic (exact) mass is 293 g/mol. The largest absolute Gasteiger partial charge is 0.338 e. The Labute approximate surface area is 129 Å². The van der Waals surface area contributed by atoms with Gasteiger partial charge in [0.05, 0.1) is 0 Å². The molecule has 0 aliphatic carbocycles. The van der Waals surface area contributed by atoms with Crippen molar-refractivity contribution in [3.05, 3.63) is 18.2 Å². The molecule has 5 heteroatoms. The second-order valence-corrected chi connectivity index (χ2v) is 6.07. The van der Waals surface area contributed by atoms with Gasteiger partial charge in [0.15, 0.2) is 0 Å². The molecule has 2 rings (SSSR count). The predicted molar refractivity (Wildman–Crippen MR) is 87.3 cm³/mol. The van der Waals surface area contributed by atoms with E-state index in [2.05, 4.69) is 33.3 Å². The summed E-state index contributed by atoms with van der Waals surface area (Å²) in [6.07, 6.45) is 8.57. The lowest BCUT2D eigenvalue weighted by atomic mass is 10.1. The molecule has 0 spiro atoms. The third-order valence-corrected chi connectivity index (χ3v) is 4.68. The first-order valence-electron chi connectivity index (χ1n) is 8.37. The number of aromatic nitrogens is 2. The standard InChI is InChI=1S/C16H31N5/c1-3-15(5-7-17)21-10-4-9-20(13-14-21)11-6-16-18-8-12-19(16)2/h8,12,15H,3-7,9-11,13-14,17H2,1-2H3. The average Bonchev–Trinajstić information content (AvgIpc) is 2.75. The molecule has 0 radical (unpaired) electrons. The minimum Gasteiger partial charge on any atom is -0.338 e. The summed E-state index contributed by atoms with van der Waals surface area (Å²) in [5.74, 6) is 1.19. The lowest BCUT2D eigenvalue weighted by Gasteiger charge is -2.29. The maximum Gasteiger partial charge on any atom is 0.109 e. The summed E-state index contributed by atoms with van der Waals surface area (Å²) in [6.45, 7) is 8.98. The Morgan fingerprint density at radius 3 is 2.81 bits per heavy atom. The Kier molecular flexibility index (Phi) is 6.67. The fourth-order valence-corrected chi connectivity index (χ4v) is 3.31. The Balaban J connectivity index is 1.79. The molecule has 1 aromatic heterocycles. The highest BCUT2D eigenvalue weighted by molar-refractivity contribution is 4.92. The van der Waals surface area contributed by atoms with Gasteiger partial charge in [-0.1, -0.05) is 6.92 Å². The Morgan fingerprint density at radius 1 is 1.29 bits per heavy atom. The maximum atomic E-state index is 5.75. The summed E-state index contributed by atoms with van der Waals surface area (Å²) in [4.78, 5) is 9.65. The van der Waals surface area contributed by atoms with Gasteiger partial charge in [0.2, 0.25) is 0 Å². The van der Waals surface area contributed by atoms with Gasteiger partial charge in [0.1, 0.15) is 5.82 Å². The molecule has 0 saturated carbocycles. The topological polar surface area (TPSA) is 50.3 Å². The van der Waals surface area contributed by atoms with Crippen LogP contribution in [0.3, 0.4) is 0 Å². The van der Waals surface area contributed by atoms with Crippen LogP contribution < -0.4 is 5.73 Å². The molecule has 1 aromatic rings. The molecule has 21 heavy (non-hydrogen) atoms. The smallest absolute Gasteiger partial charge is 0.109 e. The summed E-state index contributed by atoms with van der Waals surface area (Å²) in [7, 11) is 2.07. The number of imidazole rings is 1. The van der Waals surface area contributed by atoms with Crippen molar-refractivity contribution in [2.24, 2.45) is 12.8 Å². The van der Waals surface area contributed by atoms with E-state index in [1.54, 1.807) is 0 Å². The van der Waals surface area contributed by atoms with Crippen LogP contribution in [0.5, 0.6) is 0 Å². The van der Waals surface area contributed by atoms with E-state index >= 15 is 0 Å². The summed E-state index contributed by atoms with van der Waals surface area (Å²) in [5, 5.41) is 0. The molecule has 2 N–H and O–H groups in total. The van der Waals surface area contributed by atoms with Gasteiger partial charge in [-0.15, -0.1) is 0 Å². The van der Waals surface area contributed by atoms with Gasteiger partial charge < -0.3 is 15.2 Å². The highest BCUT2D eigenvalue weighted by Crippen LogP contribution is 2.12. The van der Waals surface area contributed by atoms with Crippen LogP contribution in [0.25, 0.3) is 0 Å². The first-order valence-corrected chi connectivity index (χ1v) is 8.37. The van der Waals surface area contributed by atoms with E-state index in [0.29, 0.717) is 6.04 Å². The van der Waals surface area contributed by atoms with Crippen molar-refractivity contribution >= 4 is 0 Å². The van der Waals surface area contributed by atoms with Crippen LogP contribution in [0.15, 0.2) is 12.4 Å². The zero-order chi connectivity index (χ0) is 15.1. The molecule has 1 aliphatic heterocycles. The number of aryl methyl sites for hydroxylation is 1. The number of hydrogen-bond donors (Lipinski definition) is 1. The SMILES string of the molecule is CCC(CCN)N1CCCN(CCc2nccn2C)CC1. The summed E-state index contributed by atoms with van der Waals surface area (Å²) < 4.78 is 2.12. The van der Waals surface area contributed by atoms with Crippen molar-refractivity contribution in [3.8, 4) is 0 Å². The van der Waals surface area contributed by atoms with Gasteiger partial charge in [-0.25, -0.2) is 4.98 Å². The fraction of sp³-hybridized carbons (Fsp3) is 0.812. The third kappa shape index (κ3) is 4.80. The second kappa shape index (κ2) is 8.51. The minimum absolute atomic E-state index is 0.671. The lowest BCUT2D eigenvalue weighted by molar-refractivity contribution is 0.185. The molecular formula is C16H31N5. The molecule has 120 valence electrons. The first kappa shape index (κ1) is 16.5. The van der Waals surface area contributed by atoms with E-state index in [-0.39, 0.29) is 0 Å². The minimum atomic E-state index is 0.671. The Hall–Kier alpha value is -0.910. The van der Waals surface area contributed by atoms with Crippen LogP contribution in [0.4, 0.5) is 0 Å². The summed E-state index contributed by atoms with van der Waals surface area (Å²) in [6, 6.07) is 0.671. The molecule has 0 amide bonds. The number of hydrogen-bond acceptors (Lipinski definition) is 4. The van der Waals surface area contributed by atoms with Crippen molar-refractivity contribution in [3.63, 3.8) is 0 Å². The van der Waals surface area contributed by atoms with Crippen LogP contribution in [0.2, 0.25) is 0 Å². The van der Waals surface area contributed by atoms with E-state index in [9.17, 15) is 0 Å². The molecule has 1 fully saturated rings. The molecule has 1 atom stereocenters. The molecular weight excluding hydrogens is 262 g/mol. The van der Waals surface area contributed by atoms with Crippen LogP contribution in [-0.4, -0.2) is 64.7 Å². The molecule has 1 aliphatic rings. The molecule has 1 unspecified atom stereocenters. The molecule has 5 nitrogen and oxygen atoms in total. The normalized spacial score (nSPS) is 19.6. The quantitative estimate of drug-likeness (QED) is 0.818. The maximum absolute atomic E-state index is 5.75. The van der Waals surface area contributed by atoms with Crippen molar-refractivity contribution < 1.29 is 0 Å². The fourth-order valence-electron chi connectivity index (χ4n) is 3.31. The van der Waals surface area contributed by atoms with E-state index < -0.39 is 0 Å². The molecule has 0 bridgehead atoms. The van der Waals surface area contributed by atoms with Gasteiger partial charge in [-0.2, -0.15) is 0 Å². The van der Waals surface area contributed by atoms with Crippen molar-refractivity contribution in [2.75, 3.05) is 39.3 Å². The van der Waals surface area contributed by atoms with Crippen molar-refractivity contribution in [1.29, 1.82) is 0 Å². The number of rotatable bonds is 7. The zero-order valence-corrected chi connectivity index (χ0v) is 13.7. The molecule has 1 saturated heterocycles. The highest BCUT2D eigenvalue weighted by Gasteiger charge is 2.20. The van der Waals surface area contributed by atoms with Gasteiger partial charge in [0, 0.05) is 51.5 Å². The number of nitrogens with zero attached hydrogens (tertiary/aromatic N) is 4. The average molecular weight is 293 g/mol. The summed E-state index contributed by atoms with van der Waals surface area (Å²) in [5.41, 5.74) is 5.75. The van der Waals surface area contributed by atoms with E-state index in [1.807, 2.05) is 12.4 Å². The Bertz CT molecular complexity index is 403. The van der Waals surface area contributed by atoms with Gasteiger partial charge in [0.25, 0.3) is 0 Å².